The van der Waals surface area contributed by atoms with E-state index in [2.05, 4.69) is 10.9 Å². The minimum Gasteiger partial charge on any atom is -0.496 e. The first-order chi connectivity index (χ1) is 13.0. The number of hydrazine groups is 1. The van der Waals surface area contributed by atoms with E-state index in [9.17, 15) is 19.7 Å². The third-order valence-electron chi connectivity index (χ3n) is 3.63. The van der Waals surface area contributed by atoms with Crippen molar-refractivity contribution in [3.05, 3.63) is 69.3 Å². The predicted octanol–water partition coefficient (Wildman–Crippen LogP) is 2.21. The monoisotopic (exact) mass is 373 g/mol. The molecule has 9 nitrogen and oxygen atoms in total. The normalized spacial score (nSPS) is 10.1. The highest BCUT2D eigenvalue weighted by molar-refractivity contribution is 5.99. The van der Waals surface area contributed by atoms with Crippen molar-refractivity contribution in [3.8, 4) is 5.75 Å². The number of benzene rings is 2. The Hall–Kier alpha value is -3.46. The molecule has 0 atom stereocenters. The van der Waals surface area contributed by atoms with Crippen molar-refractivity contribution >= 4 is 17.5 Å². The van der Waals surface area contributed by atoms with Gasteiger partial charge in [-0.1, -0.05) is 0 Å². The summed E-state index contributed by atoms with van der Waals surface area (Å²) in [4.78, 5) is 34.3. The summed E-state index contributed by atoms with van der Waals surface area (Å²) in [6, 6.07) is 9.83. The van der Waals surface area contributed by atoms with Gasteiger partial charge >= 0.3 is 0 Å². The Balaban J connectivity index is 2.02. The molecule has 9 heteroatoms. The number of methoxy groups -OCH3 is 1. The van der Waals surface area contributed by atoms with Crippen LogP contribution in [0, 0.1) is 10.1 Å². The van der Waals surface area contributed by atoms with Crippen LogP contribution in [0.5, 0.6) is 5.75 Å². The molecule has 0 fully saturated rings. The zero-order valence-corrected chi connectivity index (χ0v) is 14.9. The van der Waals surface area contributed by atoms with Gasteiger partial charge in [0.15, 0.2) is 0 Å². The highest BCUT2D eigenvalue weighted by Gasteiger charge is 2.13. The fourth-order valence-electron chi connectivity index (χ4n) is 2.24. The molecule has 142 valence electrons. The average molecular weight is 373 g/mol. The summed E-state index contributed by atoms with van der Waals surface area (Å²) in [5.41, 5.74) is 5.63. The molecule has 27 heavy (non-hydrogen) atoms. The number of nitrogens with zero attached hydrogens (tertiary/aromatic N) is 1. The van der Waals surface area contributed by atoms with Gasteiger partial charge < -0.3 is 9.47 Å². The van der Waals surface area contributed by atoms with Crippen LogP contribution >= 0.6 is 0 Å². The van der Waals surface area contributed by atoms with Gasteiger partial charge in [-0.05, 0) is 37.3 Å². The van der Waals surface area contributed by atoms with Crippen molar-refractivity contribution < 1.29 is 24.0 Å². The lowest BCUT2D eigenvalue weighted by Gasteiger charge is -2.11. The van der Waals surface area contributed by atoms with Crippen LogP contribution in [-0.2, 0) is 11.3 Å². The molecular weight excluding hydrogens is 354 g/mol. The van der Waals surface area contributed by atoms with Crippen LogP contribution in [0.25, 0.3) is 0 Å². The minimum atomic E-state index is -0.596. The van der Waals surface area contributed by atoms with Crippen molar-refractivity contribution in [2.75, 3.05) is 13.7 Å². The van der Waals surface area contributed by atoms with E-state index in [-0.39, 0.29) is 17.9 Å². The largest absolute Gasteiger partial charge is 0.496 e. The van der Waals surface area contributed by atoms with Crippen LogP contribution < -0.4 is 15.6 Å². The molecule has 0 heterocycles. The van der Waals surface area contributed by atoms with Crippen LogP contribution in [-0.4, -0.2) is 30.5 Å². The number of non-ortho nitro benzene ring substituents is 1. The lowest BCUT2D eigenvalue weighted by molar-refractivity contribution is -0.384. The zero-order chi connectivity index (χ0) is 19.8. The van der Waals surface area contributed by atoms with Crippen LogP contribution in [0.15, 0.2) is 42.5 Å². The van der Waals surface area contributed by atoms with E-state index in [1.807, 2.05) is 6.92 Å². The number of amides is 2. The van der Waals surface area contributed by atoms with Gasteiger partial charge in [-0.3, -0.25) is 30.6 Å². The molecule has 0 radical (unpaired) electrons. The van der Waals surface area contributed by atoms with Gasteiger partial charge in [-0.25, -0.2) is 0 Å². The van der Waals surface area contributed by atoms with Crippen LogP contribution in [0.2, 0.25) is 0 Å². The summed E-state index contributed by atoms with van der Waals surface area (Å²) < 4.78 is 10.6. The Morgan fingerprint density at radius 3 is 2.19 bits per heavy atom. The van der Waals surface area contributed by atoms with Crippen LogP contribution in [0.1, 0.15) is 33.2 Å². The van der Waals surface area contributed by atoms with E-state index >= 15 is 0 Å². The predicted molar refractivity (Wildman–Crippen MR) is 96.4 cm³/mol. The topological polar surface area (TPSA) is 120 Å². The third kappa shape index (κ3) is 5.25. The first kappa shape index (κ1) is 19.9. The number of carbonyl (C=O) groups is 2. The fraction of sp³-hybridized carbons (Fsp3) is 0.222. The highest BCUT2D eigenvalue weighted by Crippen LogP contribution is 2.21. The second-order valence-electron chi connectivity index (χ2n) is 5.38. The van der Waals surface area contributed by atoms with Gasteiger partial charge in [0, 0.05) is 35.4 Å². The molecule has 0 bridgehead atoms. The standard InChI is InChI=1S/C18H19N3O6/c1-3-27-11-14-10-13(6-9-16(14)26-2)18(23)20-19-17(22)12-4-7-15(8-5-12)21(24)25/h4-10H,3,11H2,1-2H3,(H,19,22)(H,20,23). The maximum absolute atomic E-state index is 12.3. The summed E-state index contributed by atoms with van der Waals surface area (Å²) in [7, 11) is 1.52. The second kappa shape index (κ2) is 9.30. The van der Waals surface area contributed by atoms with Gasteiger partial charge in [0.25, 0.3) is 17.5 Å². The second-order valence-corrected chi connectivity index (χ2v) is 5.38. The average Bonchev–Trinajstić information content (AvgIpc) is 2.69. The summed E-state index contributed by atoms with van der Waals surface area (Å²) in [6.45, 7) is 2.66. The Kier molecular flexibility index (Phi) is 6.84. The molecule has 2 aromatic rings. The first-order valence-electron chi connectivity index (χ1n) is 8.06. The van der Waals surface area contributed by atoms with Crippen molar-refractivity contribution in [2.24, 2.45) is 0 Å². The smallest absolute Gasteiger partial charge is 0.269 e. The number of hydrogen-bond acceptors (Lipinski definition) is 6. The molecule has 0 unspecified atom stereocenters. The molecule has 2 N–H and O–H groups in total. The van der Waals surface area contributed by atoms with E-state index in [4.69, 9.17) is 9.47 Å². The highest BCUT2D eigenvalue weighted by atomic mass is 16.6. The van der Waals surface area contributed by atoms with Crippen molar-refractivity contribution in [2.45, 2.75) is 13.5 Å². The molecular formula is C18H19N3O6. The summed E-state index contributed by atoms with van der Waals surface area (Å²) in [5.74, 6) is -0.526. The fourth-order valence-corrected chi connectivity index (χ4v) is 2.24. The molecule has 0 saturated heterocycles. The number of carbonyl (C=O) groups excluding carboxylic acids is 2. The SMILES string of the molecule is CCOCc1cc(C(=O)NNC(=O)c2ccc([N+](=O)[O-])cc2)ccc1OC. The Bertz CT molecular complexity index is 835. The van der Waals surface area contributed by atoms with Crippen molar-refractivity contribution in [1.82, 2.24) is 10.9 Å². The molecule has 2 aromatic carbocycles. The quantitative estimate of drug-likeness (QED) is 0.567. The third-order valence-corrected chi connectivity index (χ3v) is 3.63. The Labute approximate surface area is 155 Å². The maximum atomic E-state index is 12.3. The van der Waals surface area contributed by atoms with Crippen molar-refractivity contribution in [1.29, 1.82) is 0 Å². The van der Waals surface area contributed by atoms with E-state index < -0.39 is 16.7 Å². The van der Waals surface area contributed by atoms with Gasteiger partial charge in [-0.15, -0.1) is 0 Å². The van der Waals surface area contributed by atoms with E-state index in [0.717, 1.165) is 0 Å². The lowest BCUT2D eigenvalue weighted by Crippen LogP contribution is -2.41. The molecule has 0 spiro atoms. The van der Waals surface area contributed by atoms with Gasteiger partial charge in [0.1, 0.15) is 5.75 Å². The summed E-state index contributed by atoms with van der Waals surface area (Å²) in [6.07, 6.45) is 0. The molecule has 2 rings (SSSR count). The van der Waals surface area contributed by atoms with E-state index in [1.165, 1.54) is 31.4 Å². The van der Waals surface area contributed by atoms with Gasteiger partial charge in [0.05, 0.1) is 18.6 Å². The number of ether oxygens (including phenoxy) is 2. The first-order valence-corrected chi connectivity index (χ1v) is 8.06. The molecule has 0 saturated carbocycles. The summed E-state index contributed by atoms with van der Waals surface area (Å²) in [5, 5.41) is 10.6. The lowest BCUT2D eigenvalue weighted by atomic mass is 10.1. The maximum Gasteiger partial charge on any atom is 0.269 e. The molecule has 0 aliphatic heterocycles. The molecule has 2 amide bonds. The number of nitrogens with one attached hydrogen (secondary N) is 2. The molecule has 0 aromatic heterocycles. The van der Waals surface area contributed by atoms with Crippen molar-refractivity contribution in [3.63, 3.8) is 0 Å². The Morgan fingerprint density at radius 2 is 1.63 bits per heavy atom. The van der Waals surface area contributed by atoms with Crippen LogP contribution in [0.4, 0.5) is 5.69 Å². The van der Waals surface area contributed by atoms with Gasteiger partial charge in [-0.2, -0.15) is 0 Å². The van der Waals surface area contributed by atoms with Crippen LogP contribution in [0.3, 0.4) is 0 Å². The molecule has 0 aliphatic rings. The molecule has 0 aliphatic carbocycles. The Morgan fingerprint density at radius 1 is 1.04 bits per heavy atom. The van der Waals surface area contributed by atoms with Gasteiger partial charge in [0.2, 0.25) is 0 Å². The number of nitro groups is 1. The number of rotatable bonds is 7. The van der Waals surface area contributed by atoms with E-state index in [0.29, 0.717) is 23.5 Å². The number of hydrogen-bond donors (Lipinski definition) is 2. The summed E-state index contributed by atoms with van der Waals surface area (Å²) >= 11 is 0. The minimum absolute atomic E-state index is 0.129. The number of nitro benzene ring substituents is 1. The van der Waals surface area contributed by atoms with E-state index in [1.54, 1.807) is 18.2 Å². The zero-order valence-electron chi connectivity index (χ0n) is 14.9.